The fourth-order valence-electron chi connectivity index (χ4n) is 3.99. The molecular formula is C25H30Cl2N2O3. The van der Waals surface area contributed by atoms with Crippen LogP contribution in [0, 0.1) is 6.92 Å². The number of ether oxygens (including phenoxy) is 1. The van der Waals surface area contributed by atoms with E-state index in [0.29, 0.717) is 28.8 Å². The van der Waals surface area contributed by atoms with Crippen molar-refractivity contribution in [3.8, 4) is 5.75 Å². The molecule has 172 valence electrons. The molecule has 0 unspecified atom stereocenters. The minimum atomic E-state index is -0.575. The van der Waals surface area contributed by atoms with Gasteiger partial charge in [-0.25, -0.2) is 0 Å². The number of nitrogens with zero attached hydrogens (tertiary/aromatic N) is 1. The Morgan fingerprint density at radius 2 is 1.81 bits per heavy atom. The van der Waals surface area contributed by atoms with Crippen LogP contribution in [0.2, 0.25) is 10.0 Å². The molecule has 2 amide bonds. The monoisotopic (exact) mass is 476 g/mol. The van der Waals surface area contributed by atoms with Gasteiger partial charge in [0.15, 0.2) is 6.61 Å². The molecule has 0 spiro atoms. The van der Waals surface area contributed by atoms with Gasteiger partial charge in [0, 0.05) is 17.6 Å². The van der Waals surface area contributed by atoms with Crippen molar-refractivity contribution in [3.05, 3.63) is 63.6 Å². The van der Waals surface area contributed by atoms with Gasteiger partial charge in [0.1, 0.15) is 11.8 Å². The highest BCUT2D eigenvalue weighted by atomic mass is 35.5. The molecule has 32 heavy (non-hydrogen) atoms. The van der Waals surface area contributed by atoms with Gasteiger partial charge in [-0.05, 0) is 49.9 Å². The predicted octanol–water partition coefficient (Wildman–Crippen LogP) is 5.55. The van der Waals surface area contributed by atoms with E-state index in [9.17, 15) is 9.59 Å². The lowest BCUT2D eigenvalue weighted by Crippen LogP contribution is -2.52. The third kappa shape index (κ3) is 6.63. The summed E-state index contributed by atoms with van der Waals surface area (Å²) in [5, 5.41) is 3.96. The number of carbonyl (C=O) groups is 2. The van der Waals surface area contributed by atoms with Gasteiger partial charge in [0.2, 0.25) is 5.91 Å². The molecule has 1 aliphatic rings. The van der Waals surface area contributed by atoms with Crippen LogP contribution in [0.15, 0.2) is 42.5 Å². The molecule has 1 saturated carbocycles. The van der Waals surface area contributed by atoms with Crippen molar-refractivity contribution < 1.29 is 14.3 Å². The summed E-state index contributed by atoms with van der Waals surface area (Å²) < 4.78 is 5.69. The summed E-state index contributed by atoms with van der Waals surface area (Å²) in [4.78, 5) is 28.0. The molecule has 0 aliphatic heterocycles. The first-order valence-electron chi connectivity index (χ1n) is 11.1. The Balaban J connectivity index is 1.76. The number of carbonyl (C=O) groups excluding carboxylic acids is 2. The molecular weight excluding hydrogens is 447 g/mol. The maximum absolute atomic E-state index is 13.3. The van der Waals surface area contributed by atoms with Crippen molar-refractivity contribution in [2.24, 2.45) is 0 Å². The third-order valence-electron chi connectivity index (χ3n) is 5.81. The summed E-state index contributed by atoms with van der Waals surface area (Å²) in [7, 11) is 0. The molecule has 1 atom stereocenters. The minimum absolute atomic E-state index is 0.107. The molecule has 0 bridgehead atoms. The van der Waals surface area contributed by atoms with Gasteiger partial charge in [0.25, 0.3) is 5.91 Å². The van der Waals surface area contributed by atoms with E-state index >= 15 is 0 Å². The van der Waals surface area contributed by atoms with E-state index in [1.807, 2.05) is 38.1 Å². The molecule has 5 nitrogen and oxygen atoms in total. The standard InChI is InChI=1S/C25H30Cl2N2O3/c1-3-22(25(31)28-20-6-4-5-7-20)29(15-18-10-8-17(2)9-11-18)24(30)16-32-23-13-12-19(26)14-21(23)27/h8-14,20,22H,3-7,15-16H2,1-2H3,(H,28,31)/t22-/m1/s1. The second kappa shape index (κ2) is 11.6. The van der Waals surface area contributed by atoms with E-state index in [1.54, 1.807) is 23.1 Å². The molecule has 0 radical (unpaired) electrons. The Morgan fingerprint density at radius 1 is 1.12 bits per heavy atom. The minimum Gasteiger partial charge on any atom is -0.482 e. The molecule has 7 heteroatoms. The van der Waals surface area contributed by atoms with Crippen LogP contribution in [0.5, 0.6) is 5.75 Å². The Labute approximate surface area is 200 Å². The largest absolute Gasteiger partial charge is 0.482 e. The van der Waals surface area contributed by atoms with Crippen LogP contribution < -0.4 is 10.1 Å². The molecule has 0 heterocycles. The maximum Gasteiger partial charge on any atom is 0.261 e. The average Bonchev–Trinajstić information content (AvgIpc) is 3.27. The average molecular weight is 477 g/mol. The van der Waals surface area contributed by atoms with E-state index < -0.39 is 6.04 Å². The highest BCUT2D eigenvalue weighted by Gasteiger charge is 2.31. The van der Waals surface area contributed by atoms with Crippen LogP contribution in [-0.2, 0) is 16.1 Å². The number of rotatable bonds is 9. The quantitative estimate of drug-likeness (QED) is 0.516. The summed E-state index contributed by atoms with van der Waals surface area (Å²) in [6, 6.07) is 12.4. The van der Waals surface area contributed by atoms with Crippen LogP contribution >= 0.6 is 23.2 Å². The van der Waals surface area contributed by atoms with Crippen molar-refractivity contribution in [3.63, 3.8) is 0 Å². The summed E-state index contributed by atoms with van der Waals surface area (Å²) in [6.45, 7) is 4.04. The Hall–Kier alpha value is -2.24. The smallest absolute Gasteiger partial charge is 0.261 e. The first-order valence-corrected chi connectivity index (χ1v) is 11.9. The molecule has 0 saturated heterocycles. The van der Waals surface area contributed by atoms with Crippen molar-refractivity contribution in [2.75, 3.05) is 6.61 Å². The van der Waals surface area contributed by atoms with Gasteiger partial charge in [0.05, 0.1) is 5.02 Å². The van der Waals surface area contributed by atoms with Gasteiger partial charge in [-0.1, -0.05) is 72.8 Å². The van der Waals surface area contributed by atoms with Crippen LogP contribution in [0.4, 0.5) is 0 Å². The number of halogens is 2. The van der Waals surface area contributed by atoms with E-state index in [4.69, 9.17) is 27.9 Å². The first-order chi connectivity index (χ1) is 15.4. The van der Waals surface area contributed by atoms with E-state index in [-0.39, 0.29) is 24.5 Å². The van der Waals surface area contributed by atoms with Crippen molar-refractivity contribution in [2.45, 2.75) is 64.6 Å². The lowest BCUT2D eigenvalue weighted by atomic mass is 10.1. The van der Waals surface area contributed by atoms with Gasteiger partial charge in [-0.2, -0.15) is 0 Å². The molecule has 3 rings (SSSR count). The second-order valence-electron chi connectivity index (χ2n) is 8.28. The Kier molecular flexibility index (Phi) is 8.83. The topological polar surface area (TPSA) is 58.6 Å². The van der Waals surface area contributed by atoms with Crippen molar-refractivity contribution in [1.29, 1.82) is 0 Å². The normalized spacial score (nSPS) is 14.8. The lowest BCUT2D eigenvalue weighted by Gasteiger charge is -2.31. The van der Waals surface area contributed by atoms with Gasteiger partial charge >= 0.3 is 0 Å². The van der Waals surface area contributed by atoms with Crippen molar-refractivity contribution >= 4 is 35.0 Å². The summed E-state index contributed by atoms with van der Waals surface area (Å²) in [5.41, 5.74) is 2.10. The molecule has 1 fully saturated rings. The molecule has 2 aromatic rings. The zero-order chi connectivity index (χ0) is 23.1. The van der Waals surface area contributed by atoms with Crippen LogP contribution in [0.1, 0.15) is 50.2 Å². The first kappa shape index (κ1) is 24.4. The predicted molar refractivity (Wildman–Crippen MR) is 128 cm³/mol. The summed E-state index contributed by atoms with van der Waals surface area (Å²) >= 11 is 12.1. The highest BCUT2D eigenvalue weighted by molar-refractivity contribution is 6.35. The number of aryl methyl sites for hydroxylation is 1. The highest BCUT2D eigenvalue weighted by Crippen LogP contribution is 2.27. The number of amides is 2. The third-order valence-corrected chi connectivity index (χ3v) is 6.34. The van der Waals surface area contributed by atoms with E-state index in [2.05, 4.69) is 5.32 Å². The molecule has 1 N–H and O–H groups in total. The summed E-state index contributed by atoms with van der Waals surface area (Å²) in [6.07, 6.45) is 4.75. The number of hydrogen-bond donors (Lipinski definition) is 1. The number of benzene rings is 2. The number of hydrogen-bond acceptors (Lipinski definition) is 3. The van der Waals surface area contributed by atoms with E-state index in [1.165, 1.54) is 0 Å². The van der Waals surface area contributed by atoms with Crippen LogP contribution in [-0.4, -0.2) is 35.4 Å². The fraction of sp³-hybridized carbons (Fsp3) is 0.440. The molecule has 1 aliphatic carbocycles. The summed E-state index contributed by atoms with van der Waals surface area (Å²) in [5.74, 6) is -0.00226. The second-order valence-corrected chi connectivity index (χ2v) is 9.13. The van der Waals surface area contributed by atoms with Gasteiger partial charge in [-0.3, -0.25) is 9.59 Å². The van der Waals surface area contributed by atoms with Crippen molar-refractivity contribution in [1.82, 2.24) is 10.2 Å². The Bertz CT molecular complexity index is 927. The zero-order valence-electron chi connectivity index (χ0n) is 18.6. The number of nitrogens with one attached hydrogen (secondary N) is 1. The Morgan fingerprint density at radius 3 is 2.44 bits per heavy atom. The zero-order valence-corrected chi connectivity index (χ0v) is 20.1. The van der Waals surface area contributed by atoms with E-state index in [0.717, 1.165) is 36.8 Å². The van der Waals surface area contributed by atoms with Gasteiger partial charge < -0.3 is 15.0 Å². The SMILES string of the molecule is CC[C@H](C(=O)NC1CCCC1)N(Cc1ccc(C)cc1)C(=O)COc1ccc(Cl)cc1Cl. The molecule has 2 aromatic carbocycles. The maximum atomic E-state index is 13.3. The molecule has 0 aromatic heterocycles. The van der Waals surface area contributed by atoms with Crippen LogP contribution in [0.25, 0.3) is 0 Å². The van der Waals surface area contributed by atoms with Gasteiger partial charge in [-0.15, -0.1) is 0 Å². The lowest BCUT2D eigenvalue weighted by molar-refractivity contribution is -0.143. The fourth-order valence-corrected chi connectivity index (χ4v) is 4.45. The van der Waals surface area contributed by atoms with Crippen LogP contribution in [0.3, 0.4) is 0 Å².